The summed E-state index contributed by atoms with van der Waals surface area (Å²) >= 11 is 0. The second kappa shape index (κ2) is 10.9. The molecule has 0 fully saturated rings. The van der Waals surface area contributed by atoms with Crippen LogP contribution in [-0.4, -0.2) is 42.0 Å². The highest BCUT2D eigenvalue weighted by Crippen LogP contribution is 2.30. The van der Waals surface area contributed by atoms with Gasteiger partial charge in [-0.15, -0.1) is 24.0 Å². The number of hydrogen-bond donors (Lipinski definition) is 2. The molecule has 3 aromatic rings. The molecule has 1 atom stereocenters. The number of rotatable bonds is 6. The number of para-hydroxylation sites is 2. The van der Waals surface area contributed by atoms with E-state index in [1.54, 1.807) is 13.2 Å². The zero-order valence-electron chi connectivity index (χ0n) is 16.8. The third-order valence-corrected chi connectivity index (χ3v) is 4.74. The molecule has 1 unspecified atom stereocenters. The molecule has 0 spiro atoms. The Balaban J connectivity index is 0.00000256. The number of hydrogen-bond acceptors (Lipinski definition) is 4. The van der Waals surface area contributed by atoms with Crippen molar-refractivity contribution in [2.24, 2.45) is 4.99 Å². The molecule has 0 saturated carbocycles. The Kier molecular flexibility index (Phi) is 7.95. The Labute approximate surface area is 193 Å². The average Bonchev–Trinajstić information content (AvgIpc) is 3.28. The number of nitrogens with zero attached hydrogens (tertiary/aromatic N) is 3. The molecule has 0 aliphatic carbocycles. The molecule has 2 aromatic carbocycles. The zero-order chi connectivity index (χ0) is 19.9. The topological polar surface area (TPSA) is 72.7 Å². The van der Waals surface area contributed by atoms with E-state index in [0.717, 1.165) is 24.0 Å². The standard InChI is InChI=1S/C22H25N5O2.HI/c1-23-22(25-14-19-16-28-20-9-4-5-10-21(20)29-19)24-13-17-7-2-3-8-18(17)15-27-12-6-11-26-27;/h2-12,19H,13-16H2,1H3,(H2,23,24,25);1H. The van der Waals surface area contributed by atoms with Crippen molar-refractivity contribution < 1.29 is 9.47 Å². The average molecular weight is 519 g/mol. The van der Waals surface area contributed by atoms with E-state index < -0.39 is 0 Å². The van der Waals surface area contributed by atoms with Gasteiger partial charge >= 0.3 is 0 Å². The van der Waals surface area contributed by atoms with Crippen molar-refractivity contribution in [1.29, 1.82) is 0 Å². The van der Waals surface area contributed by atoms with Gasteiger partial charge in [-0.2, -0.15) is 5.10 Å². The molecule has 2 N–H and O–H groups in total. The maximum absolute atomic E-state index is 5.99. The third kappa shape index (κ3) is 5.65. The molecule has 1 aliphatic heterocycles. The van der Waals surface area contributed by atoms with E-state index in [1.807, 2.05) is 53.3 Å². The molecule has 30 heavy (non-hydrogen) atoms. The Bertz CT molecular complexity index is 962. The van der Waals surface area contributed by atoms with Gasteiger partial charge < -0.3 is 20.1 Å². The number of ether oxygens (including phenoxy) is 2. The molecule has 0 saturated heterocycles. The normalized spacial score (nSPS) is 15.2. The van der Waals surface area contributed by atoms with Gasteiger partial charge in [0.15, 0.2) is 17.5 Å². The highest BCUT2D eigenvalue weighted by Gasteiger charge is 2.20. The Morgan fingerprint density at radius 3 is 2.60 bits per heavy atom. The Hall–Kier alpha value is -2.75. The van der Waals surface area contributed by atoms with E-state index in [-0.39, 0.29) is 30.1 Å². The van der Waals surface area contributed by atoms with E-state index in [4.69, 9.17) is 9.47 Å². The van der Waals surface area contributed by atoms with Crippen LogP contribution in [0.5, 0.6) is 11.5 Å². The van der Waals surface area contributed by atoms with Gasteiger partial charge in [0.25, 0.3) is 0 Å². The lowest BCUT2D eigenvalue weighted by atomic mass is 10.1. The van der Waals surface area contributed by atoms with Gasteiger partial charge in [-0.25, -0.2) is 0 Å². The summed E-state index contributed by atoms with van der Waals surface area (Å²) in [5.41, 5.74) is 2.43. The van der Waals surface area contributed by atoms with Crippen LogP contribution in [0, 0.1) is 0 Å². The van der Waals surface area contributed by atoms with Crippen LogP contribution in [-0.2, 0) is 13.1 Å². The van der Waals surface area contributed by atoms with Crippen molar-refractivity contribution in [3.63, 3.8) is 0 Å². The van der Waals surface area contributed by atoms with Crippen molar-refractivity contribution in [2.45, 2.75) is 19.2 Å². The number of nitrogens with one attached hydrogen (secondary N) is 2. The zero-order valence-corrected chi connectivity index (χ0v) is 19.2. The minimum absolute atomic E-state index is 0. The second-order valence-corrected chi connectivity index (χ2v) is 6.78. The first-order valence-electron chi connectivity index (χ1n) is 9.69. The van der Waals surface area contributed by atoms with Crippen LogP contribution in [0.1, 0.15) is 11.1 Å². The van der Waals surface area contributed by atoms with Crippen molar-refractivity contribution in [2.75, 3.05) is 20.2 Å². The first-order valence-corrected chi connectivity index (χ1v) is 9.69. The Morgan fingerprint density at radius 1 is 1.07 bits per heavy atom. The quantitative estimate of drug-likeness (QED) is 0.298. The van der Waals surface area contributed by atoms with Gasteiger partial charge in [-0.3, -0.25) is 9.67 Å². The molecule has 0 amide bonds. The van der Waals surface area contributed by atoms with Crippen molar-refractivity contribution >= 4 is 29.9 Å². The summed E-state index contributed by atoms with van der Waals surface area (Å²) in [5.74, 6) is 2.29. The molecular formula is C22H26IN5O2. The maximum atomic E-state index is 5.99. The number of aromatic nitrogens is 2. The fraction of sp³-hybridized carbons (Fsp3) is 0.273. The summed E-state index contributed by atoms with van der Waals surface area (Å²) in [6.07, 6.45) is 3.69. The van der Waals surface area contributed by atoms with Gasteiger partial charge in [0.05, 0.1) is 13.1 Å². The maximum Gasteiger partial charge on any atom is 0.191 e. The molecule has 7 nitrogen and oxygen atoms in total. The van der Waals surface area contributed by atoms with E-state index in [1.165, 1.54) is 11.1 Å². The monoisotopic (exact) mass is 519 g/mol. The second-order valence-electron chi connectivity index (χ2n) is 6.78. The first-order chi connectivity index (χ1) is 14.3. The summed E-state index contributed by atoms with van der Waals surface area (Å²) in [7, 11) is 1.76. The van der Waals surface area contributed by atoms with Gasteiger partial charge in [-0.05, 0) is 29.3 Å². The predicted octanol–water partition coefficient (Wildman–Crippen LogP) is 3.05. The molecule has 0 bridgehead atoms. The highest BCUT2D eigenvalue weighted by molar-refractivity contribution is 14.0. The lowest BCUT2D eigenvalue weighted by molar-refractivity contribution is 0.0936. The van der Waals surface area contributed by atoms with Crippen LogP contribution < -0.4 is 20.1 Å². The SMILES string of the molecule is CN=C(NCc1ccccc1Cn1cccn1)NCC1COc2ccccc2O1.I. The molecule has 1 aliphatic rings. The van der Waals surface area contributed by atoms with E-state index >= 15 is 0 Å². The van der Waals surface area contributed by atoms with E-state index in [0.29, 0.717) is 19.7 Å². The lowest BCUT2D eigenvalue weighted by Crippen LogP contribution is -2.45. The Morgan fingerprint density at radius 2 is 1.83 bits per heavy atom. The lowest BCUT2D eigenvalue weighted by Gasteiger charge is -2.27. The number of guanidine groups is 1. The number of fused-ring (bicyclic) bond motifs is 1. The molecule has 1 aromatic heterocycles. The number of halogens is 1. The largest absolute Gasteiger partial charge is 0.486 e. The van der Waals surface area contributed by atoms with Crippen LogP contribution in [0.25, 0.3) is 0 Å². The summed E-state index contributed by atoms with van der Waals surface area (Å²) in [5, 5.41) is 11.0. The van der Waals surface area contributed by atoms with Crippen molar-refractivity contribution in [1.82, 2.24) is 20.4 Å². The highest BCUT2D eigenvalue weighted by atomic mass is 127. The smallest absolute Gasteiger partial charge is 0.191 e. The molecule has 2 heterocycles. The summed E-state index contributed by atoms with van der Waals surface area (Å²) in [6, 6.07) is 18.0. The first kappa shape index (κ1) is 21.9. The minimum atomic E-state index is -0.0736. The number of aliphatic imine (C=N–C) groups is 1. The number of benzene rings is 2. The van der Waals surface area contributed by atoms with Gasteiger partial charge in [0.2, 0.25) is 0 Å². The van der Waals surface area contributed by atoms with Gasteiger partial charge in [-0.1, -0.05) is 36.4 Å². The molecule has 0 radical (unpaired) electrons. The van der Waals surface area contributed by atoms with Gasteiger partial charge in [0, 0.05) is 26.0 Å². The van der Waals surface area contributed by atoms with Crippen LogP contribution >= 0.6 is 24.0 Å². The summed E-state index contributed by atoms with van der Waals surface area (Å²) < 4.78 is 13.7. The third-order valence-electron chi connectivity index (χ3n) is 4.74. The van der Waals surface area contributed by atoms with Crippen LogP contribution in [0.3, 0.4) is 0 Å². The molecule has 8 heteroatoms. The van der Waals surface area contributed by atoms with Gasteiger partial charge in [0.1, 0.15) is 12.7 Å². The fourth-order valence-electron chi connectivity index (χ4n) is 3.23. The minimum Gasteiger partial charge on any atom is -0.486 e. The summed E-state index contributed by atoms with van der Waals surface area (Å²) in [4.78, 5) is 4.32. The van der Waals surface area contributed by atoms with E-state index in [2.05, 4.69) is 32.9 Å². The van der Waals surface area contributed by atoms with Crippen molar-refractivity contribution in [3.8, 4) is 11.5 Å². The molecular weight excluding hydrogens is 493 g/mol. The fourth-order valence-corrected chi connectivity index (χ4v) is 3.23. The predicted molar refractivity (Wildman–Crippen MR) is 128 cm³/mol. The van der Waals surface area contributed by atoms with Crippen LogP contribution in [0.15, 0.2) is 72.0 Å². The van der Waals surface area contributed by atoms with Crippen LogP contribution in [0.4, 0.5) is 0 Å². The van der Waals surface area contributed by atoms with E-state index in [9.17, 15) is 0 Å². The molecule has 158 valence electrons. The molecule has 4 rings (SSSR count). The van der Waals surface area contributed by atoms with Crippen molar-refractivity contribution in [3.05, 3.63) is 78.1 Å². The van der Waals surface area contributed by atoms with Crippen LogP contribution in [0.2, 0.25) is 0 Å². The summed E-state index contributed by atoms with van der Waals surface area (Å²) in [6.45, 7) is 2.52.